The Hall–Kier alpha value is -1.84. The lowest BCUT2D eigenvalue weighted by Gasteiger charge is -2.22. The normalized spacial score (nSPS) is 21.6. The van der Waals surface area contributed by atoms with Crippen LogP contribution >= 0.6 is 11.6 Å². The minimum absolute atomic E-state index is 0.365. The van der Waals surface area contributed by atoms with E-state index in [9.17, 15) is 9.90 Å². The van der Waals surface area contributed by atoms with Gasteiger partial charge in [0.25, 0.3) is 5.91 Å². The van der Waals surface area contributed by atoms with E-state index in [2.05, 4.69) is 0 Å². The van der Waals surface area contributed by atoms with E-state index in [1.165, 1.54) is 4.90 Å². The van der Waals surface area contributed by atoms with Gasteiger partial charge in [-0.25, -0.2) is 0 Å². The number of carbonyl (C=O) groups is 1. The summed E-state index contributed by atoms with van der Waals surface area (Å²) in [6, 6.07) is 14.0. The quantitative estimate of drug-likeness (QED) is 0.867. The summed E-state index contributed by atoms with van der Waals surface area (Å²) >= 11 is 5.99. The van der Waals surface area contributed by atoms with Gasteiger partial charge < -0.3 is 10.0 Å². The highest BCUT2D eigenvalue weighted by Crippen LogP contribution is 2.44. The zero-order valence-corrected chi connectivity index (χ0v) is 11.1. The predicted octanol–water partition coefficient (Wildman–Crippen LogP) is 2.55. The molecule has 0 radical (unpaired) electrons. The molecule has 19 heavy (non-hydrogen) atoms. The van der Waals surface area contributed by atoms with Crippen molar-refractivity contribution in [2.45, 2.75) is 5.60 Å². The van der Waals surface area contributed by atoms with E-state index < -0.39 is 5.60 Å². The number of fused-ring (bicyclic) bond motifs is 1. The Balaban J connectivity index is 2.29. The van der Waals surface area contributed by atoms with Gasteiger partial charge in [0.15, 0.2) is 5.60 Å². The highest BCUT2D eigenvalue weighted by atomic mass is 35.5. The zero-order valence-electron chi connectivity index (χ0n) is 10.3. The van der Waals surface area contributed by atoms with Gasteiger partial charge in [-0.1, -0.05) is 41.9 Å². The summed E-state index contributed by atoms with van der Waals surface area (Å²) in [6.45, 7) is 0. The Morgan fingerprint density at radius 1 is 1.16 bits per heavy atom. The molecule has 0 saturated heterocycles. The molecule has 1 atom stereocenters. The molecular weight excluding hydrogens is 262 g/mol. The molecule has 0 spiro atoms. The average Bonchev–Trinajstić information content (AvgIpc) is 2.63. The molecule has 1 N–H and O–H groups in total. The Bertz CT molecular complexity index is 656. The Morgan fingerprint density at radius 2 is 1.84 bits per heavy atom. The lowest BCUT2D eigenvalue weighted by molar-refractivity contribution is -0.131. The van der Waals surface area contributed by atoms with Crippen LogP contribution in [-0.4, -0.2) is 18.1 Å². The van der Waals surface area contributed by atoms with Gasteiger partial charge in [-0.05, 0) is 23.8 Å². The number of rotatable bonds is 1. The third kappa shape index (κ3) is 1.59. The van der Waals surface area contributed by atoms with E-state index in [0.29, 0.717) is 21.8 Å². The number of nitrogens with zero attached hydrogens (tertiary/aromatic N) is 1. The number of amides is 1. The van der Waals surface area contributed by atoms with E-state index in [1.54, 1.807) is 49.5 Å². The maximum Gasteiger partial charge on any atom is 0.268 e. The van der Waals surface area contributed by atoms with Crippen LogP contribution in [0.2, 0.25) is 5.02 Å². The van der Waals surface area contributed by atoms with Gasteiger partial charge in [-0.15, -0.1) is 0 Å². The highest BCUT2D eigenvalue weighted by Gasteiger charge is 2.49. The number of hydrogen-bond donors (Lipinski definition) is 1. The Kier molecular flexibility index (Phi) is 2.62. The van der Waals surface area contributed by atoms with E-state index >= 15 is 0 Å². The van der Waals surface area contributed by atoms with Gasteiger partial charge >= 0.3 is 0 Å². The lowest BCUT2D eigenvalue weighted by atomic mass is 9.87. The van der Waals surface area contributed by atoms with Crippen molar-refractivity contribution < 1.29 is 9.90 Å². The molecule has 0 saturated carbocycles. The summed E-state index contributed by atoms with van der Waals surface area (Å²) in [6.07, 6.45) is 0. The van der Waals surface area contributed by atoms with Crippen molar-refractivity contribution in [3.63, 3.8) is 0 Å². The highest BCUT2D eigenvalue weighted by molar-refractivity contribution is 6.31. The fraction of sp³-hybridized carbons (Fsp3) is 0.133. The molecule has 1 aliphatic heterocycles. The van der Waals surface area contributed by atoms with Crippen LogP contribution in [0.3, 0.4) is 0 Å². The third-order valence-corrected chi connectivity index (χ3v) is 3.75. The number of carbonyl (C=O) groups excluding carboxylic acids is 1. The van der Waals surface area contributed by atoms with Crippen LogP contribution in [0.25, 0.3) is 0 Å². The third-order valence-electron chi connectivity index (χ3n) is 3.52. The minimum Gasteiger partial charge on any atom is -0.372 e. The molecule has 0 aliphatic carbocycles. The molecule has 2 aromatic rings. The number of aliphatic hydroxyl groups is 1. The van der Waals surface area contributed by atoms with Crippen molar-refractivity contribution in [2.24, 2.45) is 0 Å². The molecule has 0 unspecified atom stereocenters. The standard InChI is InChI=1S/C15H12ClNO2/c1-17-13-8-7-11(16)9-12(13)15(19,14(17)18)10-5-3-2-4-6-10/h2-9,19H,1H3/t15-/m1/s1. The number of halogens is 1. The summed E-state index contributed by atoms with van der Waals surface area (Å²) in [5.41, 5.74) is 0.100. The zero-order chi connectivity index (χ0) is 13.6. The summed E-state index contributed by atoms with van der Waals surface area (Å²) in [5.74, 6) is -0.365. The summed E-state index contributed by atoms with van der Waals surface area (Å²) < 4.78 is 0. The van der Waals surface area contributed by atoms with E-state index in [0.717, 1.165) is 0 Å². The summed E-state index contributed by atoms with van der Waals surface area (Å²) in [7, 11) is 1.65. The van der Waals surface area contributed by atoms with Crippen LogP contribution in [0, 0.1) is 0 Å². The molecule has 1 amide bonds. The molecule has 2 aromatic carbocycles. The maximum absolute atomic E-state index is 12.4. The monoisotopic (exact) mass is 273 g/mol. The topological polar surface area (TPSA) is 40.5 Å². The number of benzene rings is 2. The van der Waals surface area contributed by atoms with Crippen LogP contribution in [-0.2, 0) is 10.4 Å². The minimum atomic E-state index is -1.66. The molecule has 3 rings (SSSR count). The first-order chi connectivity index (χ1) is 9.05. The van der Waals surface area contributed by atoms with Crippen molar-refractivity contribution >= 4 is 23.2 Å². The van der Waals surface area contributed by atoms with Crippen molar-refractivity contribution in [1.29, 1.82) is 0 Å². The second kappa shape index (κ2) is 4.08. The van der Waals surface area contributed by atoms with Gasteiger partial charge in [0.05, 0.1) is 5.69 Å². The van der Waals surface area contributed by atoms with Gasteiger partial charge in [0, 0.05) is 17.6 Å². The molecule has 96 valence electrons. The number of anilines is 1. The number of likely N-dealkylation sites (N-methyl/N-ethyl adjacent to an activating group) is 1. The van der Waals surface area contributed by atoms with Crippen molar-refractivity contribution in [2.75, 3.05) is 11.9 Å². The van der Waals surface area contributed by atoms with Crippen molar-refractivity contribution in [3.8, 4) is 0 Å². The second-order valence-corrected chi connectivity index (χ2v) is 5.04. The van der Waals surface area contributed by atoms with Crippen LogP contribution in [0.4, 0.5) is 5.69 Å². The van der Waals surface area contributed by atoms with Crippen molar-refractivity contribution in [1.82, 2.24) is 0 Å². The first kappa shape index (κ1) is 12.2. The first-order valence-corrected chi connectivity index (χ1v) is 6.29. The maximum atomic E-state index is 12.4. The second-order valence-electron chi connectivity index (χ2n) is 4.60. The summed E-state index contributed by atoms with van der Waals surface area (Å²) in [4.78, 5) is 13.9. The SMILES string of the molecule is CN1C(=O)[C@@](O)(c2ccccc2)c2cc(Cl)ccc21. The molecule has 0 bridgehead atoms. The van der Waals surface area contributed by atoms with Gasteiger partial charge in [0.1, 0.15) is 0 Å². The average molecular weight is 274 g/mol. The molecule has 4 heteroatoms. The molecule has 0 fully saturated rings. The molecule has 3 nitrogen and oxygen atoms in total. The molecular formula is C15H12ClNO2. The van der Waals surface area contributed by atoms with Crippen molar-refractivity contribution in [3.05, 3.63) is 64.7 Å². The fourth-order valence-corrected chi connectivity index (χ4v) is 2.69. The molecule has 0 aromatic heterocycles. The largest absolute Gasteiger partial charge is 0.372 e. The van der Waals surface area contributed by atoms with Gasteiger partial charge in [0.2, 0.25) is 0 Å². The lowest BCUT2D eigenvalue weighted by Crippen LogP contribution is -2.39. The predicted molar refractivity (Wildman–Crippen MR) is 74.3 cm³/mol. The van der Waals surface area contributed by atoms with E-state index in [-0.39, 0.29) is 5.91 Å². The molecule has 1 heterocycles. The molecule has 1 aliphatic rings. The van der Waals surface area contributed by atoms with Gasteiger partial charge in [-0.2, -0.15) is 0 Å². The van der Waals surface area contributed by atoms with Crippen LogP contribution in [0.1, 0.15) is 11.1 Å². The van der Waals surface area contributed by atoms with Gasteiger partial charge in [-0.3, -0.25) is 4.79 Å². The van der Waals surface area contributed by atoms with E-state index in [1.807, 2.05) is 6.07 Å². The Morgan fingerprint density at radius 3 is 2.53 bits per heavy atom. The van der Waals surface area contributed by atoms with Crippen LogP contribution in [0.5, 0.6) is 0 Å². The Labute approximate surface area is 116 Å². The van der Waals surface area contributed by atoms with Crippen LogP contribution < -0.4 is 4.90 Å². The fourth-order valence-electron chi connectivity index (χ4n) is 2.52. The van der Waals surface area contributed by atoms with Crippen LogP contribution in [0.15, 0.2) is 48.5 Å². The smallest absolute Gasteiger partial charge is 0.268 e. The summed E-state index contributed by atoms with van der Waals surface area (Å²) in [5, 5.41) is 11.4. The first-order valence-electron chi connectivity index (χ1n) is 5.91. The number of hydrogen-bond acceptors (Lipinski definition) is 2. The van der Waals surface area contributed by atoms with E-state index in [4.69, 9.17) is 11.6 Å².